The van der Waals surface area contributed by atoms with Crippen molar-refractivity contribution in [3.8, 4) is 11.4 Å². The number of rotatable bonds is 8. The van der Waals surface area contributed by atoms with E-state index >= 15 is 0 Å². The van der Waals surface area contributed by atoms with Crippen molar-refractivity contribution in [1.82, 2.24) is 9.97 Å². The molecule has 4 aromatic rings. The molecule has 0 fully saturated rings. The van der Waals surface area contributed by atoms with Gasteiger partial charge in [-0.15, -0.1) is 0 Å². The third-order valence-electron chi connectivity index (χ3n) is 4.60. The molecule has 6 nitrogen and oxygen atoms in total. The van der Waals surface area contributed by atoms with E-state index in [1.54, 1.807) is 0 Å². The van der Waals surface area contributed by atoms with Gasteiger partial charge in [0.05, 0.1) is 0 Å². The molecule has 28 heavy (non-hydrogen) atoms. The van der Waals surface area contributed by atoms with E-state index in [2.05, 4.69) is 5.32 Å². The lowest BCUT2D eigenvalue weighted by atomic mass is 10.2. The average Bonchev–Trinajstić information content (AvgIpc) is 3.10. The van der Waals surface area contributed by atoms with E-state index in [-0.39, 0.29) is 6.42 Å². The number of benzene rings is 2. The van der Waals surface area contributed by atoms with Gasteiger partial charge in [0, 0.05) is 23.5 Å². The first-order valence-electron chi connectivity index (χ1n) is 9.41. The van der Waals surface area contributed by atoms with Crippen LogP contribution in [0.2, 0.25) is 0 Å². The number of hydrogen-bond donors (Lipinski definition) is 1. The number of carboxylic acid groups (broad SMARTS) is 1. The predicted octanol–water partition coefficient (Wildman–Crippen LogP) is 3.77. The average molecular weight is 374 g/mol. The van der Waals surface area contributed by atoms with Gasteiger partial charge in [-0.3, -0.25) is 0 Å². The summed E-state index contributed by atoms with van der Waals surface area (Å²) >= 11 is 0. The Bertz CT molecular complexity index is 1110. The number of para-hydroxylation sites is 1. The summed E-state index contributed by atoms with van der Waals surface area (Å²) in [5.41, 5.74) is 3.13. The molecule has 2 aromatic heterocycles. The Morgan fingerprint density at radius 3 is 2.57 bits per heavy atom. The summed E-state index contributed by atoms with van der Waals surface area (Å²) in [5, 5.41) is 14.8. The van der Waals surface area contributed by atoms with E-state index in [4.69, 9.17) is 14.4 Å². The summed E-state index contributed by atoms with van der Waals surface area (Å²) in [4.78, 5) is 19.9. The van der Waals surface area contributed by atoms with Gasteiger partial charge in [-0.2, -0.15) is 0 Å². The Morgan fingerprint density at radius 1 is 0.964 bits per heavy atom. The predicted molar refractivity (Wildman–Crippen MR) is 107 cm³/mol. The maximum atomic E-state index is 10.5. The zero-order valence-electron chi connectivity index (χ0n) is 15.4. The number of fused-ring (bicyclic) bond motifs is 3. The van der Waals surface area contributed by atoms with Crippen LogP contribution in [0.25, 0.3) is 33.5 Å². The lowest BCUT2D eigenvalue weighted by Crippen LogP contribution is -2.21. The number of carbonyl (C=O) groups excluding carboxylic acids is 1. The molecule has 0 saturated heterocycles. The first kappa shape index (κ1) is 18.0. The molecule has 0 aliphatic heterocycles. The highest BCUT2D eigenvalue weighted by Gasteiger charge is 2.16. The number of anilines is 1. The number of aromatic nitrogens is 2. The number of unbranched alkanes of at least 4 members (excludes halogenated alkanes) is 2. The van der Waals surface area contributed by atoms with Crippen molar-refractivity contribution in [2.24, 2.45) is 0 Å². The van der Waals surface area contributed by atoms with Crippen LogP contribution in [0.1, 0.15) is 25.7 Å². The number of furan rings is 1. The highest BCUT2D eigenvalue weighted by atomic mass is 16.4. The van der Waals surface area contributed by atoms with Gasteiger partial charge in [-0.1, -0.05) is 48.9 Å². The molecule has 142 valence electrons. The topological polar surface area (TPSA) is 91.1 Å². The summed E-state index contributed by atoms with van der Waals surface area (Å²) < 4.78 is 6.01. The second-order valence-corrected chi connectivity index (χ2v) is 6.65. The lowest BCUT2D eigenvalue weighted by molar-refractivity contribution is -0.305. The Morgan fingerprint density at radius 2 is 1.75 bits per heavy atom. The van der Waals surface area contributed by atoms with E-state index in [1.165, 1.54) is 0 Å². The minimum atomic E-state index is -1.000. The van der Waals surface area contributed by atoms with E-state index in [9.17, 15) is 9.90 Å². The Labute approximate surface area is 162 Å². The van der Waals surface area contributed by atoms with E-state index in [1.807, 2.05) is 54.6 Å². The van der Waals surface area contributed by atoms with Crippen molar-refractivity contribution in [1.29, 1.82) is 0 Å². The molecule has 0 radical (unpaired) electrons. The van der Waals surface area contributed by atoms with Crippen LogP contribution in [0.3, 0.4) is 0 Å². The van der Waals surface area contributed by atoms with Gasteiger partial charge >= 0.3 is 0 Å². The SMILES string of the molecule is O=C([O-])CCCCCNc1nc(-c2ccccc2)nc2c1oc1ccccc12. The molecular weight excluding hydrogens is 354 g/mol. The molecule has 2 aromatic carbocycles. The lowest BCUT2D eigenvalue weighted by Gasteiger charge is -2.08. The molecular formula is C22H20N3O3-. The number of nitrogens with zero attached hydrogens (tertiary/aromatic N) is 2. The van der Waals surface area contributed by atoms with Crippen molar-refractivity contribution in [2.45, 2.75) is 25.7 Å². The second-order valence-electron chi connectivity index (χ2n) is 6.65. The summed E-state index contributed by atoms with van der Waals surface area (Å²) in [6, 6.07) is 17.6. The van der Waals surface area contributed by atoms with Crippen molar-refractivity contribution < 1.29 is 14.3 Å². The molecule has 0 aliphatic rings. The number of hydrogen-bond acceptors (Lipinski definition) is 6. The Kier molecular flexibility index (Phi) is 5.19. The van der Waals surface area contributed by atoms with Crippen LogP contribution in [-0.4, -0.2) is 22.5 Å². The van der Waals surface area contributed by atoms with Gasteiger partial charge in [-0.05, 0) is 31.4 Å². The third-order valence-corrected chi connectivity index (χ3v) is 4.60. The first-order chi connectivity index (χ1) is 13.7. The fourth-order valence-electron chi connectivity index (χ4n) is 3.20. The number of carbonyl (C=O) groups is 1. The molecule has 0 amide bonds. The van der Waals surface area contributed by atoms with Crippen molar-refractivity contribution in [3.05, 3.63) is 54.6 Å². The third kappa shape index (κ3) is 3.81. The second kappa shape index (κ2) is 8.08. The van der Waals surface area contributed by atoms with Crippen LogP contribution < -0.4 is 10.4 Å². The number of nitrogens with one attached hydrogen (secondary N) is 1. The minimum absolute atomic E-state index is 0.0967. The molecule has 0 spiro atoms. The van der Waals surface area contributed by atoms with Crippen LogP contribution in [0.5, 0.6) is 0 Å². The summed E-state index contributed by atoms with van der Waals surface area (Å²) in [7, 11) is 0. The fourth-order valence-corrected chi connectivity index (χ4v) is 3.20. The smallest absolute Gasteiger partial charge is 0.196 e. The maximum Gasteiger partial charge on any atom is 0.196 e. The molecule has 0 bridgehead atoms. The zero-order valence-corrected chi connectivity index (χ0v) is 15.4. The van der Waals surface area contributed by atoms with Crippen molar-refractivity contribution >= 4 is 33.9 Å². The van der Waals surface area contributed by atoms with Crippen LogP contribution in [0.4, 0.5) is 5.82 Å². The Balaban J connectivity index is 1.64. The van der Waals surface area contributed by atoms with E-state index in [0.717, 1.165) is 34.9 Å². The highest BCUT2D eigenvalue weighted by Crippen LogP contribution is 2.33. The quantitative estimate of drug-likeness (QED) is 0.472. The molecule has 0 saturated carbocycles. The molecule has 4 rings (SSSR count). The number of carboxylic acids is 1. The van der Waals surface area contributed by atoms with Gasteiger partial charge in [0.2, 0.25) is 0 Å². The Hall–Kier alpha value is -3.41. The monoisotopic (exact) mass is 374 g/mol. The molecule has 1 N–H and O–H groups in total. The van der Waals surface area contributed by atoms with Gasteiger partial charge in [0.15, 0.2) is 17.2 Å². The molecule has 0 aliphatic carbocycles. The zero-order chi connectivity index (χ0) is 19.3. The van der Waals surface area contributed by atoms with Crippen molar-refractivity contribution in [3.63, 3.8) is 0 Å². The maximum absolute atomic E-state index is 10.5. The summed E-state index contributed by atoms with van der Waals surface area (Å²) in [5.74, 6) is 0.291. The largest absolute Gasteiger partial charge is 0.550 e. The molecule has 0 atom stereocenters. The van der Waals surface area contributed by atoms with Crippen LogP contribution in [0.15, 0.2) is 59.0 Å². The minimum Gasteiger partial charge on any atom is -0.550 e. The summed E-state index contributed by atoms with van der Waals surface area (Å²) in [6.07, 6.45) is 2.35. The van der Waals surface area contributed by atoms with Crippen LogP contribution in [0, 0.1) is 0 Å². The van der Waals surface area contributed by atoms with Gasteiger partial charge in [0.25, 0.3) is 0 Å². The van der Waals surface area contributed by atoms with E-state index < -0.39 is 5.97 Å². The van der Waals surface area contributed by atoms with E-state index in [0.29, 0.717) is 30.2 Å². The highest BCUT2D eigenvalue weighted by molar-refractivity contribution is 6.06. The van der Waals surface area contributed by atoms with Gasteiger partial charge < -0.3 is 19.6 Å². The molecule has 2 heterocycles. The normalized spacial score (nSPS) is 11.1. The first-order valence-corrected chi connectivity index (χ1v) is 9.41. The fraction of sp³-hybridized carbons (Fsp3) is 0.227. The molecule has 0 unspecified atom stereocenters. The number of aliphatic carboxylic acids is 1. The standard InChI is InChI=1S/C22H21N3O3/c26-18(27)13-5-2-8-14-23-22-20-19(16-11-6-7-12-17(16)28-20)24-21(25-22)15-9-3-1-4-10-15/h1,3-4,6-7,9-12H,2,5,8,13-14H2,(H,26,27)(H,23,24,25)/p-1. The van der Waals surface area contributed by atoms with Crippen molar-refractivity contribution in [2.75, 3.05) is 11.9 Å². The molecule has 6 heteroatoms. The summed E-state index contributed by atoms with van der Waals surface area (Å²) in [6.45, 7) is 0.671. The van der Waals surface area contributed by atoms with Crippen LogP contribution in [-0.2, 0) is 4.79 Å². The van der Waals surface area contributed by atoms with Crippen LogP contribution >= 0.6 is 0 Å². The van der Waals surface area contributed by atoms with Gasteiger partial charge in [-0.25, -0.2) is 9.97 Å². The van der Waals surface area contributed by atoms with Gasteiger partial charge in [0.1, 0.15) is 11.1 Å².